The molecule has 1 N–H and O–H groups in total. The highest BCUT2D eigenvalue weighted by Gasteiger charge is 2.16. The van der Waals surface area contributed by atoms with Crippen molar-refractivity contribution in [2.45, 2.75) is 26.2 Å². The van der Waals surface area contributed by atoms with Crippen molar-refractivity contribution in [3.63, 3.8) is 0 Å². The van der Waals surface area contributed by atoms with Gasteiger partial charge in [0, 0.05) is 12.5 Å². The molecule has 2 rings (SSSR count). The number of nitrogens with one attached hydrogen (secondary N) is 1. The summed E-state index contributed by atoms with van der Waals surface area (Å²) in [5.41, 5.74) is 1.31. The molecule has 1 saturated heterocycles. The predicted molar refractivity (Wildman–Crippen MR) is 73.5 cm³/mol. The van der Waals surface area contributed by atoms with Gasteiger partial charge < -0.3 is 14.8 Å². The van der Waals surface area contributed by atoms with Crippen molar-refractivity contribution in [3.8, 4) is 11.5 Å². The first-order chi connectivity index (χ1) is 8.83. The second-order valence-corrected chi connectivity index (χ2v) is 4.91. The molecule has 1 heterocycles. The second kappa shape index (κ2) is 6.64. The molecule has 100 valence electrons. The fourth-order valence-corrected chi connectivity index (χ4v) is 2.34. The van der Waals surface area contributed by atoms with E-state index in [2.05, 4.69) is 24.4 Å². The predicted octanol–water partition coefficient (Wildman–Crippen LogP) is 2.64. The molecule has 0 radical (unpaired) electrons. The molecule has 0 aromatic heterocycles. The summed E-state index contributed by atoms with van der Waals surface area (Å²) in [6.45, 7) is 5.14. The molecular weight excluding hydrogens is 226 g/mol. The maximum atomic E-state index is 5.88. The van der Waals surface area contributed by atoms with Gasteiger partial charge in [-0.3, -0.25) is 0 Å². The Morgan fingerprint density at radius 2 is 2.22 bits per heavy atom. The zero-order chi connectivity index (χ0) is 12.8. The van der Waals surface area contributed by atoms with E-state index in [4.69, 9.17) is 9.47 Å². The maximum Gasteiger partial charge on any atom is 0.161 e. The normalized spacial score (nSPS) is 18.9. The highest BCUT2D eigenvalue weighted by molar-refractivity contribution is 5.43. The molecule has 1 fully saturated rings. The Kier molecular flexibility index (Phi) is 4.88. The monoisotopic (exact) mass is 249 g/mol. The average Bonchev–Trinajstić information content (AvgIpc) is 2.90. The van der Waals surface area contributed by atoms with E-state index in [-0.39, 0.29) is 0 Å². The van der Waals surface area contributed by atoms with Gasteiger partial charge in [0.15, 0.2) is 11.5 Å². The molecule has 1 atom stereocenters. The Morgan fingerprint density at radius 3 is 2.89 bits per heavy atom. The Labute approximate surface area is 109 Å². The van der Waals surface area contributed by atoms with Crippen LogP contribution >= 0.6 is 0 Å². The molecule has 1 aromatic rings. The number of aryl methyl sites for hydroxylation is 1. The Balaban J connectivity index is 1.97. The van der Waals surface area contributed by atoms with Crippen LogP contribution in [0.25, 0.3) is 0 Å². The van der Waals surface area contributed by atoms with E-state index in [1.807, 2.05) is 6.07 Å². The smallest absolute Gasteiger partial charge is 0.161 e. The van der Waals surface area contributed by atoms with Crippen molar-refractivity contribution in [2.75, 3.05) is 26.8 Å². The van der Waals surface area contributed by atoms with Gasteiger partial charge in [-0.25, -0.2) is 0 Å². The zero-order valence-electron chi connectivity index (χ0n) is 11.4. The highest BCUT2D eigenvalue weighted by atomic mass is 16.5. The minimum atomic E-state index is 0.630. The van der Waals surface area contributed by atoms with E-state index in [1.165, 1.54) is 12.0 Å². The Hall–Kier alpha value is -1.22. The zero-order valence-corrected chi connectivity index (χ0v) is 11.4. The largest absolute Gasteiger partial charge is 0.493 e. The van der Waals surface area contributed by atoms with Gasteiger partial charge in [-0.05, 0) is 37.1 Å². The Bertz CT molecular complexity index is 373. The Morgan fingerprint density at radius 1 is 1.33 bits per heavy atom. The molecule has 0 aliphatic carbocycles. The van der Waals surface area contributed by atoms with Crippen molar-refractivity contribution in [1.82, 2.24) is 5.32 Å². The summed E-state index contributed by atoms with van der Waals surface area (Å²) in [5.74, 6) is 2.35. The summed E-state index contributed by atoms with van der Waals surface area (Å²) in [6.07, 6.45) is 3.44. The molecular formula is C15H23NO2. The van der Waals surface area contributed by atoms with Crippen LogP contribution in [0.2, 0.25) is 0 Å². The number of ether oxygens (including phenoxy) is 2. The van der Waals surface area contributed by atoms with Gasteiger partial charge in [0.1, 0.15) is 0 Å². The van der Waals surface area contributed by atoms with Gasteiger partial charge in [0.05, 0.1) is 13.7 Å². The average molecular weight is 249 g/mol. The first kappa shape index (κ1) is 13.2. The standard InChI is InChI=1S/C15H23NO2/c1-3-4-12-5-6-14(15(9-12)17-2)18-11-13-7-8-16-10-13/h5-6,9,13,16H,3-4,7-8,10-11H2,1-2H3/t13-/m0/s1. The molecule has 0 amide bonds. The van der Waals surface area contributed by atoms with E-state index in [1.54, 1.807) is 7.11 Å². The molecule has 0 unspecified atom stereocenters. The molecule has 0 spiro atoms. The van der Waals surface area contributed by atoms with Crippen LogP contribution in [0.1, 0.15) is 25.3 Å². The van der Waals surface area contributed by atoms with Gasteiger partial charge in [-0.1, -0.05) is 19.4 Å². The SMILES string of the molecule is CCCc1ccc(OC[C@H]2CCNC2)c(OC)c1. The number of benzene rings is 1. The van der Waals surface area contributed by atoms with Crippen LogP contribution in [0.15, 0.2) is 18.2 Å². The fourth-order valence-electron chi connectivity index (χ4n) is 2.34. The van der Waals surface area contributed by atoms with Crippen molar-refractivity contribution < 1.29 is 9.47 Å². The lowest BCUT2D eigenvalue weighted by Gasteiger charge is -2.14. The van der Waals surface area contributed by atoms with Crippen LogP contribution in [0.5, 0.6) is 11.5 Å². The quantitative estimate of drug-likeness (QED) is 0.840. The summed E-state index contributed by atoms with van der Waals surface area (Å²) in [7, 11) is 1.70. The van der Waals surface area contributed by atoms with E-state index >= 15 is 0 Å². The van der Waals surface area contributed by atoms with Gasteiger partial charge in [0.2, 0.25) is 0 Å². The number of hydrogen-bond donors (Lipinski definition) is 1. The van der Waals surface area contributed by atoms with Crippen molar-refractivity contribution in [2.24, 2.45) is 5.92 Å². The number of methoxy groups -OCH3 is 1. The van der Waals surface area contributed by atoms with Gasteiger partial charge in [-0.15, -0.1) is 0 Å². The molecule has 1 aliphatic rings. The topological polar surface area (TPSA) is 30.5 Å². The minimum Gasteiger partial charge on any atom is -0.493 e. The highest BCUT2D eigenvalue weighted by Crippen LogP contribution is 2.29. The van der Waals surface area contributed by atoms with E-state index in [9.17, 15) is 0 Å². The fraction of sp³-hybridized carbons (Fsp3) is 0.600. The summed E-state index contributed by atoms with van der Waals surface area (Å²) >= 11 is 0. The molecule has 18 heavy (non-hydrogen) atoms. The van der Waals surface area contributed by atoms with Crippen LogP contribution in [0.4, 0.5) is 0 Å². The number of rotatable bonds is 6. The van der Waals surface area contributed by atoms with Crippen LogP contribution < -0.4 is 14.8 Å². The molecule has 3 nitrogen and oxygen atoms in total. The first-order valence-corrected chi connectivity index (χ1v) is 6.84. The van der Waals surface area contributed by atoms with Gasteiger partial charge in [-0.2, -0.15) is 0 Å². The van der Waals surface area contributed by atoms with Gasteiger partial charge >= 0.3 is 0 Å². The van der Waals surface area contributed by atoms with Crippen LogP contribution in [0.3, 0.4) is 0 Å². The lowest BCUT2D eigenvalue weighted by molar-refractivity contribution is 0.247. The van der Waals surface area contributed by atoms with Crippen LogP contribution in [-0.2, 0) is 6.42 Å². The lowest BCUT2D eigenvalue weighted by atomic mass is 10.1. The molecule has 0 saturated carbocycles. The summed E-state index contributed by atoms with van der Waals surface area (Å²) < 4.78 is 11.3. The molecule has 1 aliphatic heterocycles. The van der Waals surface area contributed by atoms with E-state index in [0.29, 0.717) is 5.92 Å². The maximum absolute atomic E-state index is 5.88. The van der Waals surface area contributed by atoms with Crippen molar-refractivity contribution >= 4 is 0 Å². The minimum absolute atomic E-state index is 0.630. The molecule has 0 bridgehead atoms. The molecule has 3 heteroatoms. The lowest BCUT2D eigenvalue weighted by Crippen LogP contribution is -2.15. The van der Waals surface area contributed by atoms with Crippen molar-refractivity contribution in [1.29, 1.82) is 0 Å². The summed E-state index contributed by atoms with van der Waals surface area (Å²) in [6, 6.07) is 6.26. The van der Waals surface area contributed by atoms with E-state index in [0.717, 1.165) is 44.0 Å². The third kappa shape index (κ3) is 3.39. The first-order valence-electron chi connectivity index (χ1n) is 6.84. The van der Waals surface area contributed by atoms with Crippen LogP contribution in [0, 0.1) is 5.92 Å². The van der Waals surface area contributed by atoms with Gasteiger partial charge in [0.25, 0.3) is 0 Å². The van der Waals surface area contributed by atoms with Crippen molar-refractivity contribution in [3.05, 3.63) is 23.8 Å². The van der Waals surface area contributed by atoms with Crippen LogP contribution in [-0.4, -0.2) is 26.8 Å². The van der Waals surface area contributed by atoms with E-state index < -0.39 is 0 Å². The number of hydrogen-bond acceptors (Lipinski definition) is 3. The molecule has 1 aromatic carbocycles. The third-order valence-corrected chi connectivity index (χ3v) is 3.40. The summed E-state index contributed by atoms with van der Waals surface area (Å²) in [5, 5.41) is 3.35. The second-order valence-electron chi connectivity index (χ2n) is 4.91. The third-order valence-electron chi connectivity index (χ3n) is 3.40. The summed E-state index contributed by atoms with van der Waals surface area (Å²) in [4.78, 5) is 0.